The van der Waals surface area contributed by atoms with E-state index >= 15 is 0 Å². The molecule has 0 bridgehead atoms. The highest BCUT2D eigenvalue weighted by Gasteiger charge is 2.38. The number of alkyl halides is 3. The number of anilines is 2. The van der Waals surface area contributed by atoms with Gasteiger partial charge in [0.05, 0.1) is 11.0 Å². The molecule has 0 saturated carbocycles. The molecule has 1 fully saturated rings. The monoisotopic (exact) mass is 446 g/mol. The van der Waals surface area contributed by atoms with E-state index in [-0.39, 0.29) is 23.2 Å². The molecule has 0 radical (unpaired) electrons. The third-order valence-electron chi connectivity index (χ3n) is 5.48. The summed E-state index contributed by atoms with van der Waals surface area (Å²) < 4.78 is 40.0. The quantitative estimate of drug-likeness (QED) is 0.443. The number of fused-ring (bicyclic) bond motifs is 2. The Morgan fingerprint density at radius 1 is 1.06 bits per heavy atom. The highest BCUT2D eigenvalue weighted by Crippen LogP contribution is 2.29. The standard InChI is InChI=1S/C19H17F3N8O2/c20-19(21,22)17-27-26-14-3-4-15(28-30(14)17)29-7-5-10(6-8-29)16(31)23-11-1-2-12-13(9-11)25-18(32)24-12/h1-4,9-10H,5-8H2,(H,23,31)(H2,24,25,32). The van der Waals surface area contributed by atoms with Gasteiger partial charge in [-0.1, -0.05) is 0 Å². The fourth-order valence-electron chi connectivity index (χ4n) is 3.85. The zero-order valence-electron chi connectivity index (χ0n) is 16.5. The molecule has 1 aliphatic rings. The first kappa shape index (κ1) is 20.0. The number of carbonyl (C=O) groups is 1. The molecule has 1 amide bonds. The largest absolute Gasteiger partial charge is 0.453 e. The molecule has 10 nitrogen and oxygen atoms in total. The van der Waals surface area contributed by atoms with Gasteiger partial charge in [0.15, 0.2) is 5.65 Å². The van der Waals surface area contributed by atoms with Crippen LogP contribution in [-0.4, -0.2) is 48.8 Å². The molecule has 1 saturated heterocycles. The number of imidazole rings is 1. The summed E-state index contributed by atoms with van der Waals surface area (Å²) in [6.07, 6.45) is -3.63. The van der Waals surface area contributed by atoms with Crippen molar-refractivity contribution in [1.29, 1.82) is 0 Å². The van der Waals surface area contributed by atoms with E-state index in [0.717, 1.165) is 0 Å². The molecule has 4 heterocycles. The van der Waals surface area contributed by atoms with E-state index in [1.54, 1.807) is 24.3 Å². The predicted octanol–water partition coefficient (Wildman–Crippen LogP) is 2.17. The first-order valence-corrected chi connectivity index (χ1v) is 9.85. The molecule has 1 aromatic carbocycles. The molecule has 32 heavy (non-hydrogen) atoms. The number of hydrogen-bond donors (Lipinski definition) is 3. The van der Waals surface area contributed by atoms with Crippen molar-refractivity contribution >= 4 is 34.1 Å². The second-order valence-electron chi connectivity index (χ2n) is 7.57. The Hall–Kier alpha value is -3.90. The van der Waals surface area contributed by atoms with Crippen molar-refractivity contribution in [1.82, 2.24) is 29.8 Å². The van der Waals surface area contributed by atoms with Crippen molar-refractivity contribution in [3.8, 4) is 0 Å². The average molecular weight is 446 g/mol. The lowest BCUT2D eigenvalue weighted by Crippen LogP contribution is -2.38. The summed E-state index contributed by atoms with van der Waals surface area (Å²) in [5, 5.41) is 13.6. The minimum atomic E-state index is -4.66. The lowest BCUT2D eigenvalue weighted by Gasteiger charge is -2.32. The Balaban J connectivity index is 1.26. The zero-order chi connectivity index (χ0) is 22.5. The first-order chi connectivity index (χ1) is 15.3. The van der Waals surface area contributed by atoms with Crippen molar-refractivity contribution in [3.05, 3.63) is 46.6 Å². The van der Waals surface area contributed by atoms with Crippen molar-refractivity contribution in [2.24, 2.45) is 5.92 Å². The fourth-order valence-corrected chi connectivity index (χ4v) is 3.85. The average Bonchev–Trinajstić information content (AvgIpc) is 3.35. The molecule has 0 unspecified atom stereocenters. The van der Waals surface area contributed by atoms with Gasteiger partial charge >= 0.3 is 11.9 Å². The maximum atomic E-state index is 13.1. The Labute approximate surface area is 177 Å². The van der Waals surface area contributed by atoms with Crippen LogP contribution in [0, 0.1) is 5.92 Å². The number of carbonyl (C=O) groups excluding carboxylic acids is 1. The Morgan fingerprint density at radius 3 is 2.56 bits per heavy atom. The van der Waals surface area contributed by atoms with E-state index in [2.05, 4.69) is 30.6 Å². The third kappa shape index (κ3) is 3.65. The molecular weight excluding hydrogens is 429 g/mol. The van der Waals surface area contributed by atoms with Gasteiger partial charge in [-0.25, -0.2) is 4.79 Å². The van der Waals surface area contributed by atoms with Crippen LogP contribution in [0.3, 0.4) is 0 Å². The van der Waals surface area contributed by atoms with Gasteiger partial charge in [-0.05, 0) is 43.2 Å². The van der Waals surface area contributed by atoms with E-state index < -0.39 is 12.0 Å². The van der Waals surface area contributed by atoms with Gasteiger partial charge < -0.3 is 20.2 Å². The maximum Gasteiger partial charge on any atom is 0.453 e. The zero-order valence-corrected chi connectivity index (χ0v) is 16.5. The second-order valence-corrected chi connectivity index (χ2v) is 7.57. The number of aromatic nitrogens is 6. The first-order valence-electron chi connectivity index (χ1n) is 9.85. The molecule has 3 N–H and O–H groups in total. The van der Waals surface area contributed by atoms with Crippen molar-refractivity contribution in [2.75, 3.05) is 23.3 Å². The SMILES string of the molecule is O=C(Nc1ccc2[nH]c(=O)[nH]c2c1)C1CCN(c2ccc3nnc(C(F)(F)F)n3n2)CC1. The Morgan fingerprint density at radius 2 is 1.81 bits per heavy atom. The van der Waals surface area contributed by atoms with E-state index in [9.17, 15) is 22.8 Å². The summed E-state index contributed by atoms with van der Waals surface area (Å²) >= 11 is 0. The van der Waals surface area contributed by atoms with Crippen LogP contribution in [-0.2, 0) is 11.0 Å². The number of amides is 1. The molecular formula is C19H17F3N8O2. The smallest absolute Gasteiger partial charge is 0.355 e. The van der Waals surface area contributed by atoms with Gasteiger partial charge in [0.2, 0.25) is 5.91 Å². The molecule has 0 aliphatic carbocycles. The summed E-state index contributed by atoms with van der Waals surface area (Å²) in [5.74, 6) is -1.21. The lowest BCUT2D eigenvalue weighted by molar-refractivity contribution is -0.146. The summed E-state index contributed by atoms with van der Waals surface area (Å²) in [5.41, 5.74) is 1.50. The number of nitrogens with zero attached hydrogens (tertiary/aromatic N) is 5. The summed E-state index contributed by atoms with van der Waals surface area (Å²) in [4.78, 5) is 31.2. The summed E-state index contributed by atoms with van der Waals surface area (Å²) in [6.45, 7) is 0.925. The van der Waals surface area contributed by atoms with Crippen molar-refractivity contribution in [2.45, 2.75) is 19.0 Å². The molecule has 0 atom stereocenters. The van der Waals surface area contributed by atoms with Crippen LogP contribution < -0.4 is 15.9 Å². The predicted molar refractivity (Wildman–Crippen MR) is 108 cm³/mol. The van der Waals surface area contributed by atoms with Crippen LogP contribution in [0.25, 0.3) is 16.7 Å². The van der Waals surface area contributed by atoms with Crippen LogP contribution in [0.15, 0.2) is 35.1 Å². The Kier molecular flexibility index (Phi) is 4.60. The number of benzene rings is 1. The molecule has 13 heteroatoms. The van der Waals surface area contributed by atoms with Gasteiger partial charge in [-0.3, -0.25) is 4.79 Å². The van der Waals surface area contributed by atoms with Gasteiger partial charge in [0.25, 0.3) is 5.82 Å². The fraction of sp³-hybridized carbons (Fsp3) is 0.316. The Bertz CT molecular complexity index is 1360. The number of rotatable bonds is 3. The molecule has 4 aromatic rings. The van der Waals surface area contributed by atoms with Gasteiger partial charge in [0.1, 0.15) is 5.82 Å². The van der Waals surface area contributed by atoms with E-state index in [1.807, 2.05) is 4.90 Å². The highest BCUT2D eigenvalue weighted by molar-refractivity contribution is 5.94. The minimum Gasteiger partial charge on any atom is -0.355 e. The third-order valence-corrected chi connectivity index (χ3v) is 5.48. The van der Waals surface area contributed by atoms with E-state index in [1.165, 1.54) is 6.07 Å². The number of halogens is 3. The van der Waals surface area contributed by atoms with Crippen LogP contribution in [0.5, 0.6) is 0 Å². The van der Waals surface area contributed by atoms with Gasteiger partial charge in [-0.2, -0.15) is 17.7 Å². The van der Waals surface area contributed by atoms with Crippen LogP contribution in [0.2, 0.25) is 0 Å². The number of piperidine rings is 1. The number of H-pyrrole nitrogens is 2. The van der Waals surface area contributed by atoms with E-state index in [0.29, 0.717) is 53.0 Å². The molecule has 5 rings (SSSR count). The minimum absolute atomic E-state index is 0.0103. The van der Waals surface area contributed by atoms with Crippen molar-refractivity contribution in [3.63, 3.8) is 0 Å². The number of hydrogen-bond acceptors (Lipinski definition) is 6. The normalized spacial score (nSPS) is 15.5. The van der Waals surface area contributed by atoms with Crippen LogP contribution in [0.4, 0.5) is 24.7 Å². The summed E-state index contributed by atoms with van der Waals surface area (Å²) in [6, 6.07) is 8.11. The van der Waals surface area contributed by atoms with Crippen LogP contribution >= 0.6 is 0 Å². The molecule has 0 spiro atoms. The topological polar surface area (TPSA) is 124 Å². The summed E-state index contributed by atoms with van der Waals surface area (Å²) in [7, 11) is 0. The highest BCUT2D eigenvalue weighted by atomic mass is 19.4. The maximum absolute atomic E-state index is 13.1. The number of aromatic amines is 2. The molecule has 3 aromatic heterocycles. The molecule has 166 valence electrons. The van der Waals surface area contributed by atoms with Gasteiger partial charge in [-0.15, -0.1) is 15.3 Å². The van der Waals surface area contributed by atoms with Gasteiger partial charge in [0, 0.05) is 24.7 Å². The molecule has 1 aliphatic heterocycles. The second kappa shape index (κ2) is 7.35. The van der Waals surface area contributed by atoms with Crippen molar-refractivity contribution < 1.29 is 18.0 Å². The van der Waals surface area contributed by atoms with Crippen LogP contribution in [0.1, 0.15) is 18.7 Å². The lowest BCUT2D eigenvalue weighted by atomic mass is 9.96. The van der Waals surface area contributed by atoms with E-state index in [4.69, 9.17) is 0 Å². The number of nitrogens with one attached hydrogen (secondary N) is 3.